The molecule has 0 N–H and O–H groups in total. The zero-order valence-electron chi connectivity index (χ0n) is 9.56. The molecule has 5 heteroatoms. The van der Waals surface area contributed by atoms with Crippen LogP contribution in [0.5, 0.6) is 0 Å². The topological polar surface area (TPSA) is 30.7 Å². The number of pyridine rings is 1. The van der Waals surface area contributed by atoms with E-state index in [-0.39, 0.29) is 0 Å². The zero-order chi connectivity index (χ0) is 12.7. The van der Waals surface area contributed by atoms with Gasteiger partial charge in [-0.1, -0.05) is 35.3 Å². The van der Waals surface area contributed by atoms with Crippen LogP contribution in [0.25, 0.3) is 22.3 Å². The molecule has 90 valence electrons. The molecule has 0 fully saturated rings. The first kappa shape index (κ1) is 11.5. The third-order valence-electron chi connectivity index (χ3n) is 2.70. The molecule has 3 aromatic rings. The number of benzene rings is 1. The minimum atomic E-state index is 0.648. The Bertz CT molecular complexity index is 717. The van der Waals surface area contributed by atoms with Crippen LogP contribution in [0.1, 0.15) is 0 Å². The summed E-state index contributed by atoms with van der Waals surface area (Å²) in [5.74, 6) is 0. The molecule has 0 amide bonds. The van der Waals surface area contributed by atoms with Crippen molar-refractivity contribution in [1.82, 2.24) is 14.8 Å². The van der Waals surface area contributed by atoms with E-state index in [1.807, 2.05) is 43.6 Å². The van der Waals surface area contributed by atoms with E-state index < -0.39 is 0 Å². The molecule has 0 aliphatic heterocycles. The Morgan fingerprint density at radius 1 is 1.11 bits per heavy atom. The lowest BCUT2D eigenvalue weighted by atomic mass is 10.1. The molecule has 0 bridgehead atoms. The zero-order valence-corrected chi connectivity index (χ0v) is 11.1. The Morgan fingerprint density at radius 2 is 1.83 bits per heavy atom. The molecule has 0 aliphatic carbocycles. The van der Waals surface area contributed by atoms with Gasteiger partial charge < -0.3 is 0 Å². The van der Waals surface area contributed by atoms with E-state index in [0.29, 0.717) is 15.7 Å². The third kappa shape index (κ3) is 1.96. The fourth-order valence-electron chi connectivity index (χ4n) is 1.84. The number of aryl methyl sites for hydroxylation is 1. The quantitative estimate of drug-likeness (QED) is 0.675. The molecular weight excluding hydrogens is 269 g/mol. The van der Waals surface area contributed by atoms with Crippen molar-refractivity contribution in [3.05, 3.63) is 46.6 Å². The van der Waals surface area contributed by atoms with Gasteiger partial charge in [-0.2, -0.15) is 5.10 Å². The lowest BCUT2D eigenvalue weighted by Gasteiger charge is -2.02. The van der Waals surface area contributed by atoms with E-state index in [1.54, 1.807) is 4.68 Å². The molecule has 3 rings (SSSR count). The highest BCUT2D eigenvalue weighted by atomic mass is 35.5. The monoisotopic (exact) mass is 277 g/mol. The Balaban J connectivity index is 2.20. The number of nitrogens with zero attached hydrogens (tertiary/aromatic N) is 3. The molecule has 3 nitrogen and oxygen atoms in total. The Morgan fingerprint density at radius 3 is 2.56 bits per heavy atom. The van der Waals surface area contributed by atoms with Gasteiger partial charge >= 0.3 is 0 Å². The van der Waals surface area contributed by atoms with Crippen LogP contribution in [0.4, 0.5) is 0 Å². The molecule has 0 saturated carbocycles. The van der Waals surface area contributed by atoms with E-state index >= 15 is 0 Å². The Kier molecular flexibility index (Phi) is 2.73. The molecule has 2 aromatic heterocycles. The number of rotatable bonds is 1. The molecule has 0 saturated heterocycles. The first-order chi connectivity index (χ1) is 8.63. The van der Waals surface area contributed by atoms with Crippen molar-refractivity contribution in [2.24, 2.45) is 7.05 Å². The van der Waals surface area contributed by atoms with Crippen LogP contribution in [-0.4, -0.2) is 14.8 Å². The van der Waals surface area contributed by atoms with Gasteiger partial charge in [0.1, 0.15) is 0 Å². The van der Waals surface area contributed by atoms with Crippen molar-refractivity contribution < 1.29 is 0 Å². The standard InChI is InChI=1S/C13H9Cl2N3/c1-18-7-10-11(15)6-12(16-13(10)17-18)8-2-4-9(14)5-3-8/h2-7H,1H3. The van der Waals surface area contributed by atoms with Crippen molar-refractivity contribution in [3.63, 3.8) is 0 Å². The van der Waals surface area contributed by atoms with Crippen molar-refractivity contribution in [3.8, 4) is 11.3 Å². The molecule has 18 heavy (non-hydrogen) atoms. The summed E-state index contributed by atoms with van der Waals surface area (Å²) in [4.78, 5) is 4.50. The minimum absolute atomic E-state index is 0.648. The SMILES string of the molecule is Cn1cc2c(Cl)cc(-c3ccc(Cl)cc3)nc2n1. The van der Waals surface area contributed by atoms with E-state index in [1.165, 1.54) is 0 Å². The van der Waals surface area contributed by atoms with Gasteiger partial charge in [-0.25, -0.2) is 4.98 Å². The fourth-order valence-corrected chi connectivity index (χ4v) is 2.20. The largest absolute Gasteiger partial charge is 0.273 e. The highest BCUT2D eigenvalue weighted by Gasteiger charge is 2.09. The summed E-state index contributed by atoms with van der Waals surface area (Å²) in [7, 11) is 1.85. The molecular formula is C13H9Cl2N3. The Labute approximate surface area is 114 Å². The van der Waals surface area contributed by atoms with Crippen molar-refractivity contribution in [2.45, 2.75) is 0 Å². The van der Waals surface area contributed by atoms with Crippen LogP contribution in [-0.2, 0) is 7.05 Å². The summed E-state index contributed by atoms with van der Waals surface area (Å²) in [6, 6.07) is 9.32. The van der Waals surface area contributed by atoms with Crippen LogP contribution in [0.15, 0.2) is 36.5 Å². The number of fused-ring (bicyclic) bond motifs is 1. The number of aromatic nitrogens is 3. The predicted octanol–water partition coefficient (Wildman–Crippen LogP) is 3.94. The van der Waals surface area contributed by atoms with Crippen molar-refractivity contribution in [2.75, 3.05) is 0 Å². The normalized spacial score (nSPS) is 11.1. The molecule has 2 heterocycles. The van der Waals surface area contributed by atoms with Crippen LogP contribution in [0, 0.1) is 0 Å². The summed E-state index contributed by atoms with van der Waals surface area (Å²) in [6.07, 6.45) is 1.86. The van der Waals surface area contributed by atoms with Crippen LogP contribution >= 0.6 is 23.2 Å². The van der Waals surface area contributed by atoms with Crippen LogP contribution in [0.2, 0.25) is 10.0 Å². The summed E-state index contributed by atoms with van der Waals surface area (Å²) < 4.78 is 1.70. The maximum Gasteiger partial charge on any atom is 0.183 e. The van der Waals surface area contributed by atoms with E-state index in [0.717, 1.165) is 16.6 Å². The molecule has 0 radical (unpaired) electrons. The summed E-state index contributed by atoms with van der Waals surface area (Å²) >= 11 is 12.1. The fraction of sp³-hybridized carbons (Fsp3) is 0.0769. The summed E-state index contributed by atoms with van der Waals surface area (Å²) in [5.41, 5.74) is 2.41. The second-order valence-corrected chi connectivity index (χ2v) is 4.88. The number of hydrogen-bond acceptors (Lipinski definition) is 2. The van der Waals surface area contributed by atoms with Crippen LogP contribution < -0.4 is 0 Å². The second-order valence-electron chi connectivity index (χ2n) is 4.04. The molecule has 0 atom stereocenters. The lowest BCUT2D eigenvalue weighted by molar-refractivity contribution is 0.776. The average Bonchev–Trinajstić information content (AvgIpc) is 2.71. The molecule has 0 spiro atoms. The van der Waals surface area contributed by atoms with Crippen LogP contribution in [0.3, 0.4) is 0 Å². The van der Waals surface area contributed by atoms with Gasteiger partial charge in [0.15, 0.2) is 5.65 Å². The van der Waals surface area contributed by atoms with E-state index in [4.69, 9.17) is 23.2 Å². The van der Waals surface area contributed by atoms with Crippen molar-refractivity contribution in [1.29, 1.82) is 0 Å². The van der Waals surface area contributed by atoms with Gasteiger partial charge in [0.2, 0.25) is 0 Å². The van der Waals surface area contributed by atoms with E-state index in [9.17, 15) is 0 Å². The molecule has 0 aliphatic rings. The van der Waals surface area contributed by atoms with Gasteiger partial charge in [0.05, 0.1) is 16.1 Å². The molecule has 1 aromatic carbocycles. The maximum absolute atomic E-state index is 6.24. The van der Waals surface area contributed by atoms with E-state index in [2.05, 4.69) is 10.1 Å². The Hall–Kier alpha value is -1.58. The van der Waals surface area contributed by atoms with Gasteiger partial charge in [0, 0.05) is 23.8 Å². The highest BCUT2D eigenvalue weighted by Crippen LogP contribution is 2.27. The average molecular weight is 278 g/mol. The van der Waals surface area contributed by atoms with Gasteiger partial charge in [0.25, 0.3) is 0 Å². The first-order valence-electron chi connectivity index (χ1n) is 5.39. The number of hydrogen-bond donors (Lipinski definition) is 0. The lowest BCUT2D eigenvalue weighted by Crippen LogP contribution is -1.88. The van der Waals surface area contributed by atoms with Crippen molar-refractivity contribution >= 4 is 34.2 Å². The molecule has 0 unspecified atom stereocenters. The summed E-state index contributed by atoms with van der Waals surface area (Å²) in [6.45, 7) is 0. The van der Waals surface area contributed by atoms with Gasteiger partial charge in [-0.15, -0.1) is 0 Å². The minimum Gasteiger partial charge on any atom is -0.273 e. The summed E-state index contributed by atoms with van der Waals surface area (Å²) in [5, 5.41) is 6.48. The highest BCUT2D eigenvalue weighted by molar-refractivity contribution is 6.35. The third-order valence-corrected chi connectivity index (χ3v) is 3.26. The predicted molar refractivity (Wildman–Crippen MR) is 74.0 cm³/mol. The smallest absolute Gasteiger partial charge is 0.183 e. The maximum atomic E-state index is 6.24. The van der Waals surface area contributed by atoms with Gasteiger partial charge in [-0.3, -0.25) is 4.68 Å². The van der Waals surface area contributed by atoms with Gasteiger partial charge in [-0.05, 0) is 18.2 Å². The second kappa shape index (κ2) is 4.26. The number of halogens is 2. The first-order valence-corrected chi connectivity index (χ1v) is 6.15.